The van der Waals surface area contributed by atoms with E-state index in [0.717, 1.165) is 5.56 Å². The molecule has 2 atom stereocenters. The fraction of sp³-hybridized carbons (Fsp3) is 0.455. The zero-order valence-corrected chi connectivity index (χ0v) is 12.0. The zero-order valence-electron chi connectivity index (χ0n) is 8.87. The number of halogens is 3. The highest BCUT2D eigenvalue weighted by Gasteiger charge is 2.33. The smallest absolute Gasteiger partial charge is 0.150 e. The Balaban J connectivity index is 2.20. The van der Waals surface area contributed by atoms with Crippen molar-refractivity contribution in [2.24, 2.45) is 5.92 Å². The van der Waals surface area contributed by atoms with Gasteiger partial charge in [0.2, 0.25) is 0 Å². The highest BCUT2D eigenvalue weighted by atomic mass is 79.9. The van der Waals surface area contributed by atoms with Crippen LogP contribution in [0.5, 0.6) is 0 Å². The maximum absolute atomic E-state index is 13.0. The lowest BCUT2D eigenvalue weighted by Crippen LogP contribution is -2.10. The number of hydrogen-bond donors (Lipinski definition) is 0. The summed E-state index contributed by atoms with van der Waals surface area (Å²) in [6.45, 7) is 0. The zero-order chi connectivity index (χ0) is 12.6. The molecule has 6 heteroatoms. The van der Waals surface area contributed by atoms with E-state index in [1.54, 1.807) is 12.1 Å². The fourth-order valence-corrected chi connectivity index (χ4v) is 5.02. The molecule has 2 rings (SSSR count). The number of benzene rings is 1. The van der Waals surface area contributed by atoms with E-state index in [0.29, 0.717) is 6.42 Å². The summed E-state index contributed by atoms with van der Waals surface area (Å²) in [5, 5.41) is 0.0628. The van der Waals surface area contributed by atoms with Crippen LogP contribution < -0.4 is 0 Å². The van der Waals surface area contributed by atoms with Crippen molar-refractivity contribution in [1.29, 1.82) is 0 Å². The normalized spacial score (nSPS) is 24.8. The summed E-state index contributed by atoms with van der Waals surface area (Å²) in [5.74, 6) is -0.0252. The standard InChI is InChI=1S/C11H11BrClFO2S/c12-11(8-3-4-17(15,16)6-8)7-1-2-10(14)9(13)5-7/h1-2,5,8,11H,3-4,6H2. The Bertz CT molecular complexity index is 532. The molecule has 0 bridgehead atoms. The van der Waals surface area contributed by atoms with Crippen molar-refractivity contribution in [1.82, 2.24) is 0 Å². The van der Waals surface area contributed by atoms with Gasteiger partial charge in [-0.15, -0.1) is 0 Å². The van der Waals surface area contributed by atoms with Crippen molar-refractivity contribution >= 4 is 37.4 Å². The Hall–Kier alpha value is -0.130. The summed E-state index contributed by atoms with van der Waals surface area (Å²) in [6.07, 6.45) is 0.632. The van der Waals surface area contributed by atoms with Gasteiger partial charge < -0.3 is 0 Å². The summed E-state index contributed by atoms with van der Waals surface area (Å²) in [6, 6.07) is 4.47. The van der Waals surface area contributed by atoms with Gasteiger partial charge in [-0.3, -0.25) is 0 Å². The highest BCUT2D eigenvalue weighted by molar-refractivity contribution is 9.09. The van der Waals surface area contributed by atoms with Gasteiger partial charge in [0.1, 0.15) is 5.82 Å². The Morgan fingerprint density at radius 2 is 2.18 bits per heavy atom. The monoisotopic (exact) mass is 340 g/mol. The molecule has 2 nitrogen and oxygen atoms in total. The molecule has 0 aromatic heterocycles. The second-order valence-corrected chi connectivity index (χ2v) is 7.86. The second kappa shape index (κ2) is 4.86. The van der Waals surface area contributed by atoms with E-state index in [2.05, 4.69) is 15.9 Å². The first-order valence-electron chi connectivity index (χ1n) is 5.18. The minimum absolute atomic E-state index is 0.0292. The molecule has 0 saturated carbocycles. The average molecular weight is 342 g/mol. The summed E-state index contributed by atoms with van der Waals surface area (Å²) >= 11 is 9.18. The van der Waals surface area contributed by atoms with Crippen LogP contribution in [0.2, 0.25) is 5.02 Å². The van der Waals surface area contributed by atoms with Gasteiger partial charge in [-0.2, -0.15) is 0 Å². The van der Waals surface area contributed by atoms with Gasteiger partial charge in [0, 0.05) is 4.83 Å². The van der Waals surface area contributed by atoms with Crippen LogP contribution in [0.3, 0.4) is 0 Å². The minimum Gasteiger partial charge on any atom is -0.229 e. The molecule has 1 aliphatic heterocycles. The Morgan fingerprint density at radius 3 is 2.71 bits per heavy atom. The molecule has 0 amide bonds. The first-order chi connectivity index (χ1) is 7.89. The molecule has 1 fully saturated rings. The molecular weight excluding hydrogens is 331 g/mol. The third kappa shape index (κ3) is 3.01. The van der Waals surface area contributed by atoms with E-state index >= 15 is 0 Å². The molecule has 1 aromatic rings. The quantitative estimate of drug-likeness (QED) is 0.773. The SMILES string of the molecule is O=S1(=O)CCC(C(Br)c2ccc(F)c(Cl)c2)C1. The third-order valence-corrected chi connectivity index (χ3v) is 6.30. The number of rotatable bonds is 2. The Kier molecular flexibility index (Phi) is 3.80. The van der Waals surface area contributed by atoms with Crippen LogP contribution in [0.25, 0.3) is 0 Å². The van der Waals surface area contributed by atoms with Crippen LogP contribution in [-0.2, 0) is 9.84 Å². The summed E-state index contributed by atoms with van der Waals surface area (Å²) < 4.78 is 35.8. The van der Waals surface area contributed by atoms with Crippen molar-refractivity contribution in [3.05, 3.63) is 34.6 Å². The van der Waals surface area contributed by atoms with Gasteiger partial charge in [-0.05, 0) is 30.0 Å². The minimum atomic E-state index is -2.90. The number of alkyl halides is 1. The fourth-order valence-electron chi connectivity index (χ4n) is 2.01. The van der Waals surface area contributed by atoms with Crippen molar-refractivity contribution < 1.29 is 12.8 Å². The van der Waals surface area contributed by atoms with Crippen LogP contribution in [0.4, 0.5) is 4.39 Å². The number of sulfone groups is 1. The molecule has 0 spiro atoms. The van der Waals surface area contributed by atoms with Gasteiger partial charge in [0.05, 0.1) is 16.5 Å². The third-order valence-electron chi connectivity index (χ3n) is 2.94. The average Bonchev–Trinajstić information content (AvgIpc) is 2.62. The lowest BCUT2D eigenvalue weighted by atomic mass is 9.99. The first-order valence-corrected chi connectivity index (χ1v) is 8.30. The number of hydrogen-bond acceptors (Lipinski definition) is 2. The Morgan fingerprint density at radius 1 is 1.47 bits per heavy atom. The molecule has 94 valence electrons. The van der Waals surface area contributed by atoms with E-state index in [-0.39, 0.29) is 27.3 Å². The summed E-state index contributed by atoms with van der Waals surface area (Å²) in [5.41, 5.74) is 0.818. The maximum Gasteiger partial charge on any atom is 0.150 e. The van der Waals surface area contributed by atoms with E-state index in [9.17, 15) is 12.8 Å². The summed E-state index contributed by atoms with van der Waals surface area (Å²) in [7, 11) is -2.90. The second-order valence-electron chi connectivity index (χ2n) is 4.24. The predicted molar refractivity (Wildman–Crippen MR) is 69.8 cm³/mol. The van der Waals surface area contributed by atoms with E-state index in [1.807, 2.05) is 0 Å². The van der Waals surface area contributed by atoms with Gasteiger partial charge in [0.25, 0.3) is 0 Å². The van der Waals surface area contributed by atoms with Crippen LogP contribution in [0.15, 0.2) is 18.2 Å². The first kappa shape index (κ1) is 13.3. The van der Waals surface area contributed by atoms with E-state index in [1.165, 1.54) is 6.07 Å². The maximum atomic E-state index is 13.0. The molecule has 1 heterocycles. The molecule has 0 radical (unpaired) electrons. The molecule has 2 unspecified atom stereocenters. The van der Waals surface area contributed by atoms with Crippen molar-refractivity contribution in [2.45, 2.75) is 11.2 Å². The molecule has 0 aliphatic carbocycles. The molecule has 17 heavy (non-hydrogen) atoms. The van der Waals surface area contributed by atoms with Gasteiger partial charge in [-0.1, -0.05) is 33.6 Å². The van der Waals surface area contributed by atoms with Crippen LogP contribution in [0.1, 0.15) is 16.8 Å². The molecule has 1 aromatic carbocycles. The van der Waals surface area contributed by atoms with Gasteiger partial charge in [-0.25, -0.2) is 12.8 Å². The van der Waals surface area contributed by atoms with Crippen LogP contribution in [-0.4, -0.2) is 19.9 Å². The Labute approximate surface area is 113 Å². The molecule has 1 aliphatic rings. The van der Waals surface area contributed by atoms with Crippen molar-refractivity contribution in [3.63, 3.8) is 0 Å². The van der Waals surface area contributed by atoms with Crippen molar-refractivity contribution in [2.75, 3.05) is 11.5 Å². The molecular formula is C11H11BrClFO2S. The van der Waals surface area contributed by atoms with Crippen LogP contribution in [0, 0.1) is 11.7 Å². The predicted octanol–water partition coefficient (Wildman–Crippen LogP) is 3.35. The van der Waals surface area contributed by atoms with Gasteiger partial charge >= 0.3 is 0 Å². The van der Waals surface area contributed by atoms with Crippen LogP contribution >= 0.6 is 27.5 Å². The molecule has 1 saturated heterocycles. The lowest BCUT2D eigenvalue weighted by molar-refractivity contribution is 0.577. The largest absolute Gasteiger partial charge is 0.229 e. The van der Waals surface area contributed by atoms with E-state index < -0.39 is 15.7 Å². The van der Waals surface area contributed by atoms with E-state index in [4.69, 9.17) is 11.6 Å². The summed E-state index contributed by atoms with van der Waals surface area (Å²) in [4.78, 5) is -0.0992. The topological polar surface area (TPSA) is 34.1 Å². The lowest BCUT2D eigenvalue weighted by Gasteiger charge is -2.16. The highest BCUT2D eigenvalue weighted by Crippen LogP contribution is 2.38. The van der Waals surface area contributed by atoms with Gasteiger partial charge in [0.15, 0.2) is 9.84 Å². The van der Waals surface area contributed by atoms with Crippen molar-refractivity contribution in [3.8, 4) is 0 Å². The molecule has 0 N–H and O–H groups in total.